The van der Waals surface area contributed by atoms with Crippen LogP contribution in [-0.4, -0.2) is 55.7 Å². The van der Waals surface area contributed by atoms with Crippen molar-refractivity contribution >= 4 is 35.8 Å². The lowest BCUT2D eigenvalue weighted by molar-refractivity contribution is 0.0529. The Bertz CT molecular complexity index is 811. The molecular formula is C23H34IN5O. The molecule has 2 heterocycles. The standard InChI is InChI=1S/C23H33N5O.HI/c1-5-19-6-8-20(9-7-19)17-27(4)23(24-3)26-15-21-10-11-25-22(14-21)28-12-13-29-18(2)16-28;/h6-11,14,18H,5,12-13,15-17H2,1-4H3,(H,24,26);1H. The van der Waals surface area contributed by atoms with E-state index in [2.05, 4.69) is 82.4 Å². The average molecular weight is 523 g/mol. The van der Waals surface area contributed by atoms with Crippen LogP contribution in [0.2, 0.25) is 0 Å². The van der Waals surface area contributed by atoms with Crippen molar-refractivity contribution in [2.45, 2.75) is 39.5 Å². The second-order valence-corrected chi connectivity index (χ2v) is 7.58. The van der Waals surface area contributed by atoms with Gasteiger partial charge >= 0.3 is 0 Å². The smallest absolute Gasteiger partial charge is 0.193 e. The molecule has 1 N–H and O–H groups in total. The number of benzene rings is 1. The van der Waals surface area contributed by atoms with Crippen molar-refractivity contribution < 1.29 is 4.74 Å². The number of aromatic nitrogens is 1. The Hall–Kier alpha value is -1.87. The van der Waals surface area contributed by atoms with E-state index in [1.165, 1.54) is 16.7 Å². The Morgan fingerprint density at radius 2 is 1.97 bits per heavy atom. The van der Waals surface area contributed by atoms with Crippen LogP contribution < -0.4 is 10.2 Å². The van der Waals surface area contributed by atoms with Gasteiger partial charge in [0.25, 0.3) is 0 Å². The molecule has 0 saturated carbocycles. The molecule has 3 rings (SSSR count). The fraction of sp³-hybridized carbons (Fsp3) is 0.478. The van der Waals surface area contributed by atoms with Crippen molar-refractivity contribution in [3.05, 3.63) is 59.3 Å². The topological polar surface area (TPSA) is 53.0 Å². The molecule has 1 aliphatic heterocycles. The van der Waals surface area contributed by atoms with Crippen molar-refractivity contribution in [1.29, 1.82) is 0 Å². The number of morpholine rings is 1. The first-order chi connectivity index (χ1) is 14.1. The van der Waals surface area contributed by atoms with Crippen LogP contribution in [-0.2, 0) is 24.2 Å². The second-order valence-electron chi connectivity index (χ2n) is 7.58. The summed E-state index contributed by atoms with van der Waals surface area (Å²) < 4.78 is 5.64. The third-order valence-corrected chi connectivity index (χ3v) is 5.25. The zero-order chi connectivity index (χ0) is 20.6. The normalized spacial score (nSPS) is 16.7. The largest absolute Gasteiger partial charge is 0.375 e. The fourth-order valence-corrected chi connectivity index (χ4v) is 3.56. The van der Waals surface area contributed by atoms with Gasteiger partial charge in [-0.1, -0.05) is 31.2 Å². The molecule has 30 heavy (non-hydrogen) atoms. The maximum absolute atomic E-state index is 5.64. The van der Waals surface area contributed by atoms with Gasteiger partial charge in [-0.3, -0.25) is 4.99 Å². The van der Waals surface area contributed by atoms with Crippen molar-refractivity contribution in [2.75, 3.05) is 38.7 Å². The van der Waals surface area contributed by atoms with Gasteiger partial charge in [0.1, 0.15) is 5.82 Å². The summed E-state index contributed by atoms with van der Waals surface area (Å²) in [5.41, 5.74) is 3.83. The van der Waals surface area contributed by atoms with E-state index >= 15 is 0 Å². The monoisotopic (exact) mass is 523 g/mol. The first kappa shape index (κ1) is 24.4. The highest BCUT2D eigenvalue weighted by atomic mass is 127. The van der Waals surface area contributed by atoms with E-state index in [1.54, 1.807) is 0 Å². The van der Waals surface area contributed by atoms with Gasteiger partial charge in [-0.05, 0) is 42.2 Å². The minimum Gasteiger partial charge on any atom is -0.375 e. The highest BCUT2D eigenvalue weighted by Crippen LogP contribution is 2.16. The molecule has 0 amide bonds. The number of anilines is 1. The molecule has 1 unspecified atom stereocenters. The van der Waals surface area contributed by atoms with Gasteiger partial charge in [0.2, 0.25) is 0 Å². The summed E-state index contributed by atoms with van der Waals surface area (Å²) in [4.78, 5) is 13.4. The number of hydrogen-bond donors (Lipinski definition) is 1. The number of pyridine rings is 1. The van der Waals surface area contributed by atoms with E-state index < -0.39 is 0 Å². The summed E-state index contributed by atoms with van der Waals surface area (Å²) >= 11 is 0. The molecule has 1 aliphatic rings. The van der Waals surface area contributed by atoms with E-state index in [-0.39, 0.29) is 30.1 Å². The van der Waals surface area contributed by atoms with Crippen LogP contribution >= 0.6 is 24.0 Å². The van der Waals surface area contributed by atoms with Gasteiger partial charge in [0, 0.05) is 46.5 Å². The SMILES string of the molecule is CCc1ccc(CN(C)C(=NC)NCc2ccnc(N3CCOC(C)C3)c2)cc1.I. The Kier molecular flexibility index (Phi) is 9.84. The molecule has 0 bridgehead atoms. The van der Waals surface area contributed by atoms with Gasteiger partial charge in [0.05, 0.1) is 12.7 Å². The van der Waals surface area contributed by atoms with E-state index in [4.69, 9.17) is 4.74 Å². The number of nitrogens with zero attached hydrogens (tertiary/aromatic N) is 4. The van der Waals surface area contributed by atoms with Crippen LogP contribution in [0, 0.1) is 0 Å². The van der Waals surface area contributed by atoms with Crippen LogP contribution in [0.15, 0.2) is 47.6 Å². The molecule has 0 radical (unpaired) electrons. The number of guanidine groups is 1. The second kappa shape index (κ2) is 12.1. The lowest BCUT2D eigenvalue weighted by atomic mass is 10.1. The van der Waals surface area contributed by atoms with Gasteiger partial charge < -0.3 is 19.9 Å². The summed E-state index contributed by atoms with van der Waals surface area (Å²) in [5.74, 6) is 1.89. The molecule has 2 aromatic rings. The third kappa shape index (κ3) is 6.84. The minimum atomic E-state index is 0. The van der Waals surface area contributed by atoms with Crippen molar-refractivity contribution in [2.24, 2.45) is 4.99 Å². The van der Waals surface area contributed by atoms with Gasteiger partial charge in [-0.2, -0.15) is 0 Å². The predicted octanol–water partition coefficient (Wildman–Crippen LogP) is 3.69. The number of hydrogen-bond acceptors (Lipinski definition) is 4. The summed E-state index contributed by atoms with van der Waals surface area (Å²) in [6, 6.07) is 13.0. The molecule has 1 saturated heterocycles. The Morgan fingerprint density at radius 3 is 2.63 bits per heavy atom. The Morgan fingerprint density at radius 1 is 1.23 bits per heavy atom. The first-order valence-corrected chi connectivity index (χ1v) is 10.4. The number of halogens is 1. The van der Waals surface area contributed by atoms with Gasteiger partial charge in [-0.15, -0.1) is 24.0 Å². The summed E-state index contributed by atoms with van der Waals surface area (Å²) in [5, 5.41) is 3.47. The highest BCUT2D eigenvalue weighted by Gasteiger charge is 2.18. The van der Waals surface area contributed by atoms with Crippen molar-refractivity contribution in [3.63, 3.8) is 0 Å². The Balaban J connectivity index is 0.00000320. The molecule has 1 aromatic heterocycles. The van der Waals surface area contributed by atoms with E-state index in [0.717, 1.165) is 44.4 Å². The highest BCUT2D eigenvalue weighted by molar-refractivity contribution is 14.0. The Labute approximate surface area is 197 Å². The fourth-order valence-electron chi connectivity index (χ4n) is 3.56. The van der Waals surface area contributed by atoms with Crippen LogP contribution in [0.25, 0.3) is 0 Å². The number of aryl methyl sites for hydroxylation is 1. The van der Waals surface area contributed by atoms with Gasteiger partial charge in [-0.25, -0.2) is 4.98 Å². The van der Waals surface area contributed by atoms with Crippen LogP contribution in [0.5, 0.6) is 0 Å². The number of rotatable bonds is 6. The molecular weight excluding hydrogens is 489 g/mol. The molecule has 0 spiro atoms. The third-order valence-electron chi connectivity index (χ3n) is 5.25. The summed E-state index contributed by atoms with van der Waals surface area (Å²) in [7, 11) is 3.89. The minimum absolute atomic E-state index is 0. The average Bonchev–Trinajstić information content (AvgIpc) is 2.75. The lowest BCUT2D eigenvalue weighted by Gasteiger charge is -2.32. The quantitative estimate of drug-likeness (QED) is 0.356. The zero-order valence-corrected chi connectivity index (χ0v) is 20.8. The number of nitrogens with one attached hydrogen (secondary N) is 1. The summed E-state index contributed by atoms with van der Waals surface area (Å²) in [6.07, 6.45) is 3.19. The van der Waals surface area contributed by atoms with Crippen LogP contribution in [0.4, 0.5) is 5.82 Å². The van der Waals surface area contributed by atoms with Gasteiger partial charge in [0.15, 0.2) is 5.96 Å². The molecule has 164 valence electrons. The molecule has 0 aliphatic carbocycles. The molecule has 1 atom stereocenters. The van der Waals surface area contributed by atoms with Crippen LogP contribution in [0.1, 0.15) is 30.5 Å². The summed E-state index contributed by atoms with van der Waals surface area (Å²) in [6.45, 7) is 8.32. The zero-order valence-electron chi connectivity index (χ0n) is 18.5. The van der Waals surface area contributed by atoms with Crippen LogP contribution in [0.3, 0.4) is 0 Å². The maximum Gasteiger partial charge on any atom is 0.193 e. The molecule has 7 heteroatoms. The molecule has 6 nitrogen and oxygen atoms in total. The molecule has 1 aromatic carbocycles. The lowest BCUT2D eigenvalue weighted by Crippen LogP contribution is -2.41. The van der Waals surface area contributed by atoms with Crippen molar-refractivity contribution in [1.82, 2.24) is 15.2 Å². The van der Waals surface area contributed by atoms with Crippen molar-refractivity contribution in [3.8, 4) is 0 Å². The van der Waals surface area contributed by atoms with E-state index in [1.807, 2.05) is 13.2 Å². The molecule has 1 fully saturated rings. The number of ether oxygens (including phenoxy) is 1. The number of aliphatic imine (C=N–C) groups is 1. The predicted molar refractivity (Wildman–Crippen MR) is 135 cm³/mol. The van der Waals surface area contributed by atoms with E-state index in [0.29, 0.717) is 6.54 Å². The maximum atomic E-state index is 5.64. The first-order valence-electron chi connectivity index (χ1n) is 10.4. The van der Waals surface area contributed by atoms with E-state index in [9.17, 15) is 0 Å².